The third kappa shape index (κ3) is 1.97. The highest BCUT2D eigenvalue weighted by Gasteiger charge is 2.66. The summed E-state index contributed by atoms with van der Waals surface area (Å²) in [5.41, 5.74) is 0.289. The number of fused-ring (bicyclic) bond motifs is 5. The maximum Gasteiger partial charge on any atom is 0.190 e. The smallest absolute Gasteiger partial charge is 0.190 e. The molecule has 140 valence electrons. The van der Waals surface area contributed by atoms with Gasteiger partial charge in [-0.3, -0.25) is 9.59 Å². The third-order valence-corrected chi connectivity index (χ3v) is 8.10. The zero-order valence-corrected chi connectivity index (χ0v) is 15.8. The second kappa shape index (κ2) is 5.49. The van der Waals surface area contributed by atoms with E-state index in [9.17, 15) is 19.8 Å². The molecule has 2 saturated carbocycles. The molecule has 0 radical (unpaired) electrons. The molecule has 0 aromatic heterocycles. The van der Waals surface area contributed by atoms with Crippen molar-refractivity contribution in [1.29, 1.82) is 0 Å². The Bertz CT molecular complexity index is 775. The lowest BCUT2D eigenvalue weighted by molar-refractivity contribution is -0.161. The van der Waals surface area contributed by atoms with E-state index in [1.165, 1.54) is 11.1 Å². The van der Waals surface area contributed by atoms with Gasteiger partial charge in [-0.25, -0.2) is 0 Å². The van der Waals surface area contributed by atoms with Crippen molar-refractivity contribution in [3.05, 3.63) is 35.5 Å². The molecule has 2 fully saturated rings. The van der Waals surface area contributed by atoms with E-state index in [4.69, 9.17) is 0 Å². The van der Waals surface area contributed by atoms with Crippen molar-refractivity contribution in [2.45, 2.75) is 52.1 Å². The van der Waals surface area contributed by atoms with Crippen LogP contribution in [0.5, 0.6) is 0 Å². The normalized spacial score (nSPS) is 46.8. The van der Waals surface area contributed by atoms with Crippen LogP contribution in [0.2, 0.25) is 0 Å². The summed E-state index contributed by atoms with van der Waals surface area (Å²) in [6.07, 6.45) is 10.9. The minimum Gasteiger partial charge on any atom is -0.388 e. The van der Waals surface area contributed by atoms with Gasteiger partial charge in [-0.1, -0.05) is 37.1 Å². The highest BCUT2D eigenvalue weighted by molar-refractivity contribution is 6.01. The number of hydrogen-bond donors (Lipinski definition) is 2. The van der Waals surface area contributed by atoms with E-state index in [1.807, 2.05) is 19.9 Å². The van der Waals surface area contributed by atoms with Gasteiger partial charge in [0.05, 0.1) is 0 Å². The second-order valence-electron chi connectivity index (χ2n) is 9.12. The molecule has 4 aliphatic rings. The molecule has 0 saturated heterocycles. The summed E-state index contributed by atoms with van der Waals surface area (Å²) in [5.74, 6) is -0.0376. The first-order valence-electron chi connectivity index (χ1n) is 9.70. The molecule has 4 rings (SSSR count). The number of aliphatic hydroxyl groups excluding tert-OH is 1. The van der Waals surface area contributed by atoms with Crippen LogP contribution >= 0.6 is 0 Å². The molecule has 0 bridgehead atoms. The monoisotopic (exact) mass is 356 g/mol. The van der Waals surface area contributed by atoms with Gasteiger partial charge in [0.2, 0.25) is 0 Å². The van der Waals surface area contributed by atoms with Gasteiger partial charge >= 0.3 is 0 Å². The van der Waals surface area contributed by atoms with Crippen molar-refractivity contribution >= 4 is 11.6 Å². The van der Waals surface area contributed by atoms with Gasteiger partial charge in [0.15, 0.2) is 11.6 Å². The predicted octanol–water partition coefficient (Wildman–Crippen LogP) is 2.75. The maximum absolute atomic E-state index is 12.5. The average molecular weight is 356 g/mol. The van der Waals surface area contributed by atoms with Crippen LogP contribution in [0.4, 0.5) is 0 Å². The van der Waals surface area contributed by atoms with Crippen molar-refractivity contribution in [3.63, 3.8) is 0 Å². The van der Waals surface area contributed by atoms with Gasteiger partial charge in [-0.15, -0.1) is 0 Å². The lowest BCUT2D eigenvalue weighted by atomic mass is 9.51. The highest BCUT2D eigenvalue weighted by atomic mass is 16.3. The topological polar surface area (TPSA) is 74.6 Å². The highest BCUT2D eigenvalue weighted by Crippen LogP contribution is 2.66. The Balaban J connectivity index is 1.79. The van der Waals surface area contributed by atoms with Crippen molar-refractivity contribution in [1.82, 2.24) is 0 Å². The number of hydrogen-bond acceptors (Lipinski definition) is 4. The summed E-state index contributed by atoms with van der Waals surface area (Å²) in [6.45, 7) is 5.54. The zero-order chi connectivity index (χ0) is 18.9. The molecule has 0 aromatic carbocycles. The molecular formula is C22H28O4. The SMILES string of the molecule is CC1CC2C3CCC4=CC(=O)C=C[C@]4(C)C3=CC[C@]2(C)[C@@]1(O)C(=O)CO. The molecule has 4 heteroatoms. The second-order valence-corrected chi connectivity index (χ2v) is 9.12. The van der Waals surface area contributed by atoms with E-state index in [2.05, 4.69) is 13.0 Å². The molecule has 2 N–H and O–H groups in total. The molecule has 4 nitrogen and oxygen atoms in total. The first kappa shape index (κ1) is 17.9. The van der Waals surface area contributed by atoms with E-state index in [-0.39, 0.29) is 23.0 Å². The lowest BCUT2D eigenvalue weighted by Crippen LogP contribution is -2.57. The minimum absolute atomic E-state index is 0.0644. The van der Waals surface area contributed by atoms with Gasteiger partial charge in [-0.05, 0) is 62.5 Å². The first-order valence-corrected chi connectivity index (χ1v) is 9.70. The third-order valence-electron chi connectivity index (χ3n) is 8.10. The summed E-state index contributed by atoms with van der Waals surface area (Å²) in [4.78, 5) is 24.3. The van der Waals surface area contributed by atoms with E-state index >= 15 is 0 Å². The summed E-state index contributed by atoms with van der Waals surface area (Å²) in [6, 6.07) is 0. The molecule has 0 heterocycles. The van der Waals surface area contributed by atoms with Gasteiger partial charge < -0.3 is 10.2 Å². The zero-order valence-electron chi connectivity index (χ0n) is 15.8. The van der Waals surface area contributed by atoms with Crippen molar-refractivity contribution in [2.75, 3.05) is 6.61 Å². The summed E-state index contributed by atoms with van der Waals surface area (Å²) < 4.78 is 0. The molecule has 0 aromatic rings. The molecule has 0 amide bonds. The summed E-state index contributed by atoms with van der Waals surface area (Å²) in [5, 5.41) is 20.9. The minimum atomic E-state index is -1.47. The molecule has 26 heavy (non-hydrogen) atoms. The van der Waals surface area contributed by atoms with E-state index in [1.54, 1.807) is 12.2 Å². The summed E-state index contributed by atoms with van der Waals surface area (Å²) in [7, 11) is 0. The maximum atomic E-state index is 12.5. The number of ketones is 2. The van der Waals surface area contributed by atoms with Gasteiger partial charge in [0, 0.05) is 10.8 Å². The molecule has 0 spiro atoms. The Kier molecular flexibility index (Phi) is 3.78. The van der Waals surface area contributed by atoms with E-state index in [0.717, 1.165) is 19.3 Å². The Labute approximate surface area is 154 Å². The lowest BCUT2D eigenvalue weighted by Gasteiger charge is -2.53. The van der Waals surface area contributed by atoms with Crippen LogP contribution in [0, 0.1) is 28.6 Å². The average Bonchev–Trinajstić information content (AvgIpc) is 2.83. The Morgan fingerprint density at radius 3 is 2.77 bits per heavy atom. The van der Waals surface area contributed by atoms with E-state index < -0.39 is 23.4 Å². The van der Waals surface area contributed by atoms with Gasteiger partial charge in [0.1, 0.15) is 12.2 Å². The van der Waals surface area contributed by atoms with Crippen molar-refractivity contribution in [3.8, 4) is 0 Å². The molecule has 0 aliphatic heterocycles. The Hall–Kier alpha value is -1.52. The molecule has 3 unspecified atom stereocenters. The van der Waals surface area contributed by atoms with Crippen molar-refractivity contribution in [2.24, 2.45) is 28.6 Å². The van der Waals surface area contributed by atoms with Gasteiger partial charge in [0.25, 0.3) is 0 Å². The fraction of sp³-hybridized carbons (Fsp3) is 0.636. The van der Waals surface area contributed by atoms with Crippen LogP contribution < -0.4 is 0 Å². The Morgan fingerprint density at radius 2 is 2.08 bits per heavy atom. The van der Waals surface area contributed by atoms with Crippen LogP contribution in [0.15, 0.2) is 35.5 Å². The molecular weight excluding hydrogens is 328 g/mol. The number of carbonyl (C=O) groups is 2. The van der Waals surface area contributed by atoms with Crippen LogP contribution in [-0.4, -0.2) is 34.0 Å². The number of aliphatic hydroxyl groups is 2. The van der Waals surface area contributed by atoms with Crippen molar-refractivity contribution < 1.29 is 19.8 Å². The van der Waals surface area contributed by atoms with Gasteiger partial charge in [-0.2, -0.15) is 0 Å². The Morgan fingerprint density at radius 1 is 1.35 bits per heavy atom. The predicted molar refractivity (Wildman–Crippen MR) is 98.2 cm³/mol. The van der Waals surface area contributed by atoms with Crippen LogP contribution in [0.25, 0.3) is 0 Å². The first-order chi connectivity index (χ1) is 12.2. The number of allylic oxidation sites excluding steroid dienone is 6. The van der Waals surface area contributed by atoms with Crippen LogP contribution in [0.3, 0.4) is 0 Å². The fourth-order valence-corrected chi connectivity index (χ4v) is 6.58. The molecule has 6 atom stereocenters. The van der Waals surface area contributed by atoms with Crippen LogP contribution in [-0.2, 0) is 9.59 Å². The molecule has 4 aliphatic carbocycles. The summed E-state index contributed by atoms with van der Waals surface area (Å²) >= 11 is 0. The van der Waals surface area contributed by atoms with E-state index in [0.29, 0.717) is 12.3 Å². The van der Waals surface area contributed by atoms with Crippen LogP contribution in [0.1, 0.15) is 46.5 Å². The number of rotatable bonds is 2. The number of Topliss-reactive ketones (excluding diaryl/α,β-unsaturated/α-hetero) is 1. The largest absolute Gasteiger partial charge is 0.388 e. The quantitative estimate of drug-likeness (QED) is 0.746. The number of carbonyl (C=O) groups excluding carboxylic acids is 2. The standard InChI is InChI=1S/C22H28O4/c1-13-10-18-16-5-4-14-11-15(24)6-8-20(14,2)17(16)7-9-21(18,3)22(13,26)19(25)12-23/h6-8,11,13,16,18,23,26H,4-5,9-10,12H2,1-3H3/t13?,16?,18?,20-,21-,22-/m0/s1. The fourth-order valence-electron chi connectivity index (χ4n) is 6.58.